The van der Waals surface area contributed by atoms with Gasteiger partial charge in [0.1, 0.15) is 17.6 Å². The van der Waals surface area contributed by atoms with Crippen molar-refractivity contribution >= 4 is 55.4 Å². The SMILES string of the molecule is COC(=O)C1=C(C(=O)OC)[C@@H]2N(C)c3ccc(OC)cc3[C@@]23C[C@@H](C(=O)OC)N(S(=O)(=O)c2ccc(Br)cc2)C3=N1. The number of amidine groups is 1. The van der Waals surface area contributed by atoms with E-state index in [0.717, 1.165) is 25.6 Å². The quantitative estimate of drug-likeness (QED) is 0.338. The third kappa shape index (κ3) is 4.02. The molecule has 0 amide bonds. The molecule has 5 rings (SSSR count). The standard InChI is InChI=1S/C27H26BrN3O9S/c1-30-18-11-8-15(37-2)12-17(18)27-13-19(23(32)38-3)31(41(35,36)16-9-6-14(28)7-10-16)26(27)29-21(25(34)40-5)20(22(27)30)24(33)39-4/h6-12,19,22H,13H2,1-5H3/t19-,22-,27-/m0/s1. The normalized spacial score (nSPS) is 22.8. The number of carbonyl (C=O) groups excluding carboxylic acids is 3. The Labute approximate surface area is 244 Å². The molecule has 3 aliphatic heterocycles. The fourth-order valence-corrected chi connectivity index (χ4v) is 7.88. The Morgan fingerprint density at radius 3 is 2.22 bits per heavy atom. The first-order valence-electron chi connectivity index (χ1n) is 12.3. The lowest BCUT2D eigenvalue weighted by molar-refractivity contribution is -0.144. The number of fused-ring (bicyclic) bond motifs is 1. The number of nitrogens with zero attached hydrogens (tertiary/aromatic N) is 3. The smallest absolute Gasteiger partial charge is 0.357 e. The number of esters is 3. The molecule has 216 valence electrons. The highest BCUT2D eigenvalue weighted by molar-refractivity contribution is 9.10. The second-order valence-electron chi connectivity index (χ2n) is 9.55. The fraction of sp³-hybridized carbons (Fsp3) is 0.333. The van der Waals surface area contributed by atoms with Crippen LogP contribution in [0.1, 0.15) is 12.0 Å². The maximum atomic E-state index is 14.3. The van der Waals surface area contributed by atoms with E-state index in [9.17, 15) is 22.8 Å². The molecule has 12 nitrogen and oxygen atoms in total. The molecule has 1 spiro atoms. The number of anilines is 1. The van der Waals surface area contributed by atoms with Crippen LogP contribution in [-0.2, 0) is 44.0 Å². The zero-order valence-corrected chi connectivity index (χ0v) is 25.1. The van der Waals surface area contributed by atoms with Gasteiger partial charge in [-0.15, -0.1) is 0 Å². The third-order valence-electron chi connectivity index (χ3n) is 7.70. The summed E-state index contributed by atoms with van der Waals surface area (Å²) in [6.45, 7) is 0. The van der Waals surface area contributed by atoms with Crippen LogP contribution in [-0.4, -0.2) is 84.0 Å². The molecule has 0 aliphatic carbocycles. The van der Waals surface area contributed by atoms with Gasteiger partial charge in [0.25, 0.3) is 10.0 Å². The van der Waals surface area contributed by atoms with Gasteiger partial charge in [-0.3, -0.25) is 0 Å². The summed E-state index contributed by atoms with van der Waals surface area (Å²) < 4.78 is 50.7. The lowest BCUT2D eigenvalue weighted by atomic mass is 9.69. The predicted molar refractivity (Wildman–Crippen MR) is 149 cm³/mol. The van der Waals surface area contributed by atoms with Gasteiger partial charge in [-0.25, -0.2) is 32.1 Å². The number of benzene rings is 2. The monoisotopic (exact) mass is 647 g/mol. The predicted octanol–water partition coefficient (Wildman–Crippen LogP) is 2.16. The Hall–Kier alpha value is -3.91. The van der Waals surface area contributed by atoms with Gasteiger partial charge in [0.2, 0.25) is 0 Å². The lowest BCUT2D eigenvalue weighted by Crippen LogP contribution is -2.55. The van der Waals surface area contributed by atoms with Crippen LogP contribution < -0.4 is 9.64 Å². The Morgan fingerprint density at radius 2 is 1.63 bits per heavy atom. The van der Waals surface area contributed by atoms with Crippen LogP contribution in [0, 0.1) is 0 Å². The van der Waals surface area contributed by atoms with E-state index in [1.807, 2.05) is 0 Å². The Bertz CT molecular complexity index is 1640. The minimum absolute atomic E-state index is 0.120. The fourth-order valence-electron chi connectivity index (χ4n) is 5.98. The second kappa shape index (κ2) is 10.2. The molecule has 3 heterocycles. The topological polar surface area (TPSA) is 141 Å². The van der Waals surface area contributed by atoms with E-state index in [2.05, 4.69) is 20.9 Å². The van der Waals surface area contributed by atoms with Crippen molar-refractivity contribution in [3.05, 3.63) is 63.8 Å². The number of likely N-dealkylation sites (N-methyl/N-ethyl adjacent to an activating group) is 1. The van der Waals surface area contributed by atoms with Crippen molar-refractivity contribution in [3.8, 4) is 5.75 Å². The Balaban J connectivity index is 1.90. The van der Waals surface area contributed by atoms with E-state index in [4.69, 9.17) is 18.9 Å². The first-order chi connectivity index (χ1) is 19.5. The number of halogens is 1. The van der Waals surface area contributed by atoms with Gasteiger partial charge in [-0.1, -0.05) is 15.9 Å². The van der Waals surface area contributed by atoms with Crippen molar-refractivity contribution < 1.29 is 41.7 Å². The lowest BCUT2D eigenvalue weighted by Gasteiger charge is -2.39. The summed E-state index contributed by atoms with van der Waals surface area (Å²) in [4.78, 5) is 45.9. The first-order valence-corrected chi connectivity index (χ1v) is 14.5. The molecular weight excluding hydrogens is 622 g/mol. The molecule has 3 aliphatic rings. The van der Waals surface area contributed by atoms with Gasteiger partial charge in [-0.05, 0) is 54.4 Å². The summed E-state index contributed by atoms with van der Waals surface area (Å²) in [5, 5.41) is 0. The molecule has 14 heteroatoms. The number of methoxy groups -OCH3 is 4. The van der Waals surface area contributed by atoms with E-state index in [1.165, 1.54) is 19.2 Å². The summed E-state index contributed by atoms with van der Waals surface area (Å²) in [5.41, 5.74) is -0.810. The van der Waals surface area contributed by atoms with Crippen LogP contribution in [0.25, 0.3) is 0 Å². The first kappa shape index (κ1) is 28.6. The largest absolute Gasteiger partial charge is 0.497 e. The highest BCUT2D eigenvalue weighted by Crippen LogP contribution is 2.58. The molecule has 0 bridgehead atoms. The zero-order chi connectivity index (χ0) is 29.9. The Kier molecular flexibility index (Phi) is 7.10. The molecule has 2 aromatic carbocycles. The van der Waals surface area contributed by atoms with Gasteiger partial charge in [-0.2, -0.15) is 0 Å². The van der Waals surface area contributed by atoms with Crippen LogP contribution >= 0.6 is 15.9 Å². The van der Waals surface area contributed by atoms with Crippen LogP contribution in [0.15, 0.2) is 68.1 Å². The summed E-state index contributed by atoms with van der Waals surface area (Å²) in [5.74, 6) is -2.34. The zero-order valence-electron chi connectivity index (χ0n) is 22.7. The molecule has 0 saturated carbocycles. The van der Waals surface area contributed by atoms with Gasteiger partial charge in [0.05, 0.1) is 50.4 Å². The average molecular weight is 648 g/mol. The van der Waals surface area contributed by atoms with Crippen molar-refractivity contribution in [1.82, 2.24) is 4.31 Å². The summed E-state index contributed by atoms with van der Waals surface area (Å²) >= 11 is 3.31. The molecule has 1 saturated heterocycles. The van der Waals surface area contributed by atoms with E-state index < -0.39 is 51.1 Å². The van der Waals surface area contributed by atoms with Crippen molar-refractivity contribution in [1.29, 1.82) is 0 Å². The van der Waals surface area contributed by atoms with Crippen LogP contribution in [0.4, 0.5) is 5.69 Å². The molecule has 3 atom stereocenters. The van der Waals surface area contributed by atoms with E-state index in [1.54, 1.807) is 42.3 Å². The highest BCUT2D eigenvalue weighted by atomic mass is 79.9. The number of hydrogen-bond donors (Lipinski definition) is 0. The Morgan fingerprint density at radius 1 is 0.976 bits per heavy atom. The molecule has 0 radical (unpaired) electrons. The van der Waals surface area contributed by atoms with Crippen LogP contribution in [0.5, 0.6) is 5.75 Å². The maximum Gasteiger partial charge on any atom is 0.357 e. The van der Waals surface area contributed by atoms with E-state index in [0.29, 0.717) is 21.5 Å². The van der Waals surface area contributed by atoms with Crippen molar-refractivity contribution in [2.45, 2.75) is 28.8 Å². The van der Waals surface area contributed by atoms with Crippen LogP contribution in [0.3, 0.4) is 0 Å². The van der Waals surface area contributed by atoms with Gasteiger partial charge < -0.3 is 23.8 Å². The molecule has 2 aromatic rings. The van der Waals surface area contributed by atoms with Crippen LogP contribution in [0.2, 0.25) is 0 Å². The van der Waals surface area contributed by atoms with Crippen molar-refractivity contribution in [2.75, 3.05) is 40.4 Å². The van der Waals surface area contributed by atoms with Crippen molar-refractivity contribution in [2.24, 2.45) is 4.99 Å². The summed E-state index contributed by atoms with van der Waals surface area (Å²) in [7, 11) is 2.15. The molecule has 41 heavy (non-hydrogen) atoms. The molecule has 1 fully saturated rings. The molecular formula is C27H26BrN3O9S. The molecule has 0 unspecified atom stereocenters. The number of rotatable bonds is 6. The van der Waals surface area contributed by atoms with Gasteiger partial charge in [0.15, 0.2) is 5.70 Å². The number of aliphatic imine (C=N–C) groups is 1. The number of ether oxygens (including phenoxy) is 4. The van der Waals surface area contributed by atoms with Gasteiger partial charge in [0, 0.05) is 17.2 Å². The average Bonchev–Trinajstić information content (AvgIpc) is 3.46. The highest BCUT2D eigenvalue weighted by Gasteiger charge is 2.68. The summed E-state index contributed by atoms with van der Waals surface area (Å²) in [6.07, 6.45) is -0.154. The minimum Gasteiger partial charge on any atom is -0.497 e. The van der Waals surface area contributed by atoms with Gasteiger partial charge >= 0.3 is 17.9 Å². The van der Waals surface area contributed by atoms with Crippen molar-refractivity contribution in [3.63, 3.8) is 0 Å². The second-order valence-corrected chi connectivity index (χ2v) is 12.3. The summed E-state index contributed by atoms with van der Waals surface area (Å²) in [6, 6.07) is 8.65. The maximum absolute atomic E-state index is 14.3. The third-order valence-corrected chi connectivity index (χ3v) is 10.0. The number of sulfonamides is 1. The number of carbonyl (C=O) groups is 3. The minimum atomic E-state index is -4.47. The van der Waals surface area contributed by atoms with E-state index in [-0.39, 0.29) is 22.7 Å². The molecule has 0 N–H and O–H groups in total. The van der Waals surface area contributed by atoms with E-state index >= 15 is 0 Å². The molecule has 0 aromatic heterocycles. The number of hydrogen-bond acceptors (Lipinski definition) is 11.